The summed E-state index contributed by atoms with van der Waals surface area (Å²) >= 11 is 0. The first-order valence-electron chi connectivity index (χ1n) is 7.59. The van der Waals surface area contributed by atoms with Crippen LogP contribution >= 0.6 is 0 Å². The van der Waals surface area contributed by atoms with Gasteiger partial charge in [-0.2, -0.15) is 0 Å². The minimum atomic E-state index is -0.629. The zero-order valence-corrected chi connectivity index (χ0v) is 13.7. The van der Waals surface area contributed by atoms with Crippen LogP contribution in [0.15, 0.2) is 0 Å². The molecule has 2 rings (SSSR count). The maximum Gasteiger partial charge on any atom is 0.127 e. The Hall–Kier alpha value is -1.26. The highest BCUT2D eigenvalue weighted by Gasteiger charge is 2.31. The summed E-state index contributed by atoms with van der Waals surface area (Å²) in [4.78, 5) is 0. The Balaban J connectivity index is 2.39. The summed E-state index contributed by atoms with van der Waals surface area (Å²) < 4.78 is 12.0. The second-order valence-electron chi connectivity index (χ2n) is 6.57. The fraction of sp³-hybridized carbons (Fsp3) is 0.647. The molecule has 21 heavy (non-hydrogen) atoms. The second kappa shape index (κ2) is 5.85. The number of benzene rings is 1. The third-order valence-corrected chi connectivity index (χ3v) is 4.36. The Kier molecular flexibility index (Phi) is 4.49. The van der Waals surface area contributed by atoms with Crippen molar-refractivity contribution in [1.29, 1.82) is 0 Å². The first kappa shape index (κ1) is 16.1. The van der Waals surface area contributed by atoms with Crippen molar-refractivity contribution in [1.82, 2.24) is 0 Å². The van der Waals surface area contributed by atoms with E-state index < -0.39 is 6.10 Å². The van der Waals surface area contributed by atoms with E-state index in [1.807, 2.05) is 6.92 Å². The molecule has 0 radical (unpaired) electrons. The van der Waals surface area contributed by atoms with Crippen molar-refractivity contribution in [2.24, 2.45) is 5.73 Å². The Morgan fingerprint density at radius 3 is 2.52 bits per heavy atom. The molecule has 4 heteroatoms. The van der Waals surface area contributed by atoms with Gasteiger partial charge in [0, 0.05) is 12.1 Å². The fourth-order valence-electron chi connectivity index (χ4n) is 2.81. The third kappa shape index (κ3) is 3.16. The number of aliphatic hydroxyl groups excluding tert-OH is 1. The van der Waals surface area contributed by atoms with E-state index in [9.17, 15) is 5.11 Å². The van der Waals surface area contributed by atoms with Crippen LogP contribution in [0, 0.1) is 20.8 Å². The number of ether oxygens (including phenoxy) is 2. The van der Waals surface area contributed by atoms with Crippen LogP contribution in [0.1, 0.15) is 42.5 Å². The van der Waals surface area contributed by atoms with E-state index in [1.54, 1.807) is 0 Å². The van der Waals surface area contributed by atoms with Crippen LogP contribution in [-0.2, 0) is 6.42 Å². The van der Waals surface area contributed by atoms with E-state index in [2.05, 4.69) is 27.7 Å². The molecule has 0 bridgehead atoms. The summed E-state index contributed by atoms with van der Waals surface area (Å²) in [7, 11) is 0. The van der Waals surface area contributed by atoms with Crippen molar-refractivity contribution >= 4 is 0 Å². The molecule has 1 heterocycles. The fourth-order valence-corrected chi connectivity index (χ4v) is 2.81. The van der Waals surface area contributed by atoms with Crippen molar-refractivity contribution in [3.63, 3.8) is 0 Å². The number of nitrogens with two attached hydrogens (primary N) is 1. The summed E-state index contributed by atoms with van der Waals surface area (Å²) in [6.07, 6.45) is 1.36. The zero-order valence-electron chi connectivity index (χ0n) is 13.7. The van der Waals surface area contributed by atoms with Gasteiger partial charge in [-0.3, -0.25) is 0 Å². The second-order valence-corrected chi connectivity index (χ2v) is 6.57. The van der Waals surface area contributed by atoms with Crippen LogP contribution in [0.3, 0.4) is 0 Å². The van der Waals surface area contributed by atoms with Crippen LogP contribution in [0.25, 0.3) is 0 Å². The molecule has 1 unspecified atom stereocenters. The molecule has 0 aliphatic carbocycles. The standard InChI is InChI=1S/C17H27NO3/c1-10-11(2)16-14(6-7-17(4,5)21-16)12(3)15(10)20-9-13(19)8-18/h13,19H,6-9,18H2,1-5H3. The molecule has 1 aliphatic heterocycles. The zero-order chi connectivity index (χ0) is 15.8. The molecule has 1 aromatic rings. The van der Waals surface area contributed by atoms with E-state index in [1.165, 1.54) is 5.56 Å². The smallest absolute Gasteiger partial charge is 0.127 e. The van der Waals surface area contributed by atoms with E-state index in [0.29, 0.717) is 0 Å². The molecule has 4 nitrogen and oxygen atoms in total. The third-order valence-electron chi connectivity index (χ3n) is 4.36. The highest BCUT2D eigenvalue weighted by Crippen LogP contribution is 2.43. The molecule has 0 fully saturated rings. The highest BCUT2D eigenvalue weighted by atomic mass is 16.5. The minimum Gasteiger partial charge on any atom is -0.490 e. The predicted octanol–water partition coefficient (Wildman–Crippen LogP) is 2.41. The Morgan fingerprint density at radius 1 is 1.24 bits per heavy atom. The molecule has 1 aliphatic rings. The first-order valence-corrected chi connectivity index (χ1v) is 7.59. The number of rotatable bonds is 4. The Bertz CT molecular complexity index is 538. The van der Waals surface area contributed by atoms with Gasteiger partial charge in [-0.25, -0.2) is 0 Å². The lowest BCUT2D eigenvalue weighted by molar-refractivity contribution is 0.0825. The molecule has 3 N–H and O–H groups in total. The van der Waals surface area contributed by atoms with Gasteiger partial charge in [0.05, 0.1) is 0 Å². The topological polar surface area (TPSA) is 64.7 Å². The van der Waals surface area contributed by atoms with Crippen molar-refractivity contribution in [2.75, 3.05) is 13.2 Å². The Morgan fingerprint density at radius 2 is 1.90 bits per heavy atom. The van der Waals surface area contributed by atoms with Crippen molar-refractivity contribution in [3.8, 4) is 11.5 Å². The summed E-state index contributed by atoms with van der Waals surface area (Å²) in [6, 6.07) is 0. The molecule has 0 spiro atoms. The molecule has 1 aromatic carbocycles. The van der Waals surface area contributed by atoms with Crippen molar-refractivity contribution < 1.29 is 14.6 Å². The molecule has 0 saturated carbocycles. The quantitative estimate of drug-likeness (QED) is 0.895. The lowest BCUT2D eigenvalue weighted by Crippen LogP contribution is -2.33. The SMILES string of the molecule is Cc1c(C)c2c(c(C)c1OCC(O)CN)CCC(C)(C)O2. The van der Waals surface area contributed by atoms with Gasteiger partial charge in [-0.05, 0) is 64.2 Å². The number of hydrogen-bond acceptors (Lipinski definition) is 4. The molecule has 0 saturated heterocycles. The lowest BCUT2D eigenvalue weighted by Gasteiger charge is -2.35. The molecular weight excluding hydrogens is 266 g/mol. The average Bonchev–Trinajstić information content (AvgIpc) is 2.43. The highest BCUT2D eigenvalue weighted by molar-refractivity contribution is 5.58. The predicted molar refractivity (Wildman–Crippen MR) is 84.2 cm³/mol. The summed E-state index contributed by atoms with van der Waals surface area (Å²) in [6.45, 7) is 10.9. The van der Waals surface area contributed by atoms with Gasteiger partial charge < -0.3 is 20.3 Å². The van der Waals surface area contributed by atoms with Crippen molar-refractivity contribution in [3.05, 3.63) is 22.3 Å². The van der Waals surface area contributed by atoms with Gasteiger partial charge >= 0.3 is 0 Å². The molecule has 0 amide bonds. The molecule has 118 valence electrons. The van der Waals surface area contributed by atoms with E-state index in [0.717, 1.165) is 41.0 Å². The summed E-state index contributed by atoms with van der Waals surface area (Å²) in [5.41, 5.74) is 9.87. The summed E-state index contributed by atoms with van der Waals surface area (Å²) in [5.74, 6) is 1.87. The minimum absolute atomic E-state index is 0.116. The maximum absolute atomic E-state index is 9.60. The monoisotopic (exact) mass is 293 g/mol. The van der Waals surface area contributed by atoms with Gasteiger partial charge in [0.15, 0.2) is 0 Å². The van der Waals surface area contributed by atoms with E-state index >= 15 is 0 Å². The molecular formula is C17H27NO3. The normalized spacial score (nSPS) is 17.9. The van der Waals surface area contributed by atoms with Crippen LogP contribution in [-0.4, -0.2) is 30.0 Å². The van der Waals surface area contributed by atoms with Gasteiger partial charge in [-0.15, -0.1) is 0 Å². The van der Waals surface area contributed by atoms with Crippen LogP contribution in [0.5, 0.6) is 11.5 Å². The Labute approximate surface area is 127 Å². The van der Waals surface area contributed by atoms with Gasteiger partial charge in [-0.1, -0.05) is 0 Å². The lowest BCUT2D eigenvalue weighted by atomic mass is 9.88. The van der Waals surface area contributed by atoms with Crippen LogP contribution in [0.4, 0.5) is 0 Å². The van der Waals surface area contributed by atoms with E-state index in [-0.39, 0.29) is 18.8 Å². The van der Waals surface area contributed by atoms with Crippen LogP contribution < -0.4 is 15.2 Å². The summed E-state index contributed by atoms with van der Waals surface area (Å²) in [5, 5.41) is 9.60. The maximum atomic E-state index is 9.60. The largest absolute Gasteiger partial charge is 0.490 e. The number of fused-ring (bicyclic) bond motifs is 1. The molecule has 1 atom stereocenters. The van der Waals surface area contributed by atoms with Gasteiger partial charge in [0.25, 0.3) is 0 Å². The number of aliphatic hydroxyl groups is 1. The van der Waals surface area contributed by atoms with Gasteiger partial charge in [0.2, 0.25) is 0 Å². The van der Waals surface area contributed by atoms with E-state index in [4.69, 9.17) is 15.2 Å². The van der Waals surface area contributed by atoms with Crippen molar-refractivity contribution in [2.45, 2.75) is 59.2 Å². The first-order chi connectivity index (χ1) is 9.76. The number of hydrogen-bond donors (Lipinski definition) is 2. The van der Waals surface area contributed by atoms with Gasteiger partial charge in [0.1, 0.15) is 29.8 Å². The average molecular weight is 293 g/mol. The molecule has 0 aromatic heterocycles. The van der Waals surface area contributed by atoms with Crippen LogP contribution in [0.2, 0.25) is 0 Å².